The Labute approximate surface area is 142 Å². The monoisotopic (exact) mass is 329 g/mol. The Bertz CT molecular complexity index is 766. The summed E-state index contributed by atoms with van der Waals surface area (Å²) < 4.78 is 1.75. The van der Waals surface area contributed by atoms with E-state index in [2.05, 4.69) is 31.2 Å². The minimum absolute atomic E-state index is 0.0925. The molecule has 0 spiro atoms. The molecule has 0 aromatic carbocycles. The molecular weight excluding hydrogens is 302 g/mol. The highest BCUT2D eigenvalue weighted by Gasteiger charge is 2.51. The molecule has 5 N–H and O–H groups in total. The van der Waals surface area contributed by atoms with Gasteiger partial charge in [0.15, 0.2) is 0 Å². The maximum Gasteiger partial charge on any atom is 0.252 e. The molecule has 2 aromatic heterocycles. The summed E-state index contributed by atoms with van der Waals surface area (Å²) in [4.78, 5) is 11.9. The van der Waals surface area contributed by atoms with Crippen molar-refractivity contribution in [3.8, 4) is 0 Å². The van der Waals surface area contributed by atoms with Crippen molar-refractivity contribution in [3.05, 3.63) is 30.1 Å². The molecule has 3 rings (SSSR count). The summed E-state index contributed by atoms with van der Waals surface area (Å²) in [6.45, 7) is 6.60. The van der Waals surface area contributed by atoms with Crippen LogP contribution in [-0.2, 0) is 0 Å². The van der Waals surface area contributed by atoms with Crippen molar-refractivity contribution in [2.75, 3.05) is 5.32 Å². The number of aromatic nitrogens is 2. The minimum Gasteiger partial charge on any atom is -0.379 e. The molecule has 130 valence electrons. The number of fused-ring (bicyclic) bond motifs is 1. The van der Waals surface area contributed by atoms with Gasteiger partial charge in [-0.15, -0.1) is 0 Å². The summed E-state index contributed by atoms with van der Waals surface area (Å²) in [6.07, 6.45) is 7.39. The summed E-state index contributed by atoms with van der Waals surface area (Å²) in [5, 5.41) is 7.83. The highest BCUT2D eigenvalue weighted by atomic mass is 16.1. The Balaban J connectivity index is 2.00. The first-order valence-corrected chi connectivity index (χ1v) is 8.62. The standard InChI is InChI=1S/C18H27N5O/c1-4-8-18(20)9-7-14(17(18,2)3)22-15-12(16(19)24)11-21-23-10-5-6-13(15)23/h5-6,10-11,14,22H,4,7-9,20H2,1-3H3,(H2,19,24). The van der Waals surface area contributed by atoms with Crippen LogP contribution in [0.2, 0.25) is 0 Å². The van der Waals surface area contributed by atoms with E-state index in [1.807, 2.05) is 18.3 Å². The normalized spacial score (nSPS) is 25.9. The van der Waals surface area contributed by atoms with Crippen LogP contribution >= 0.6 is 0 Å². The van der Waals surface area contributed by atoms with Gasteiger partial charge in [0.05, 0.1) is 23.0 Å². The van der Waals surface area contributed by atoms with Crippen molar-refractivity contribution in [1.29, 1.82) is 0 Å². The number of hydrogen-bond donors (Lipinski definition) is 3. The minimum atomic E-state index is -0.475. The first-order chi connectivity index (χ1) is 11.3. The fraction of sp³-hybridized carbons (Fsp3) is 0.556. The van der Waals surface area contributed by atoms with Gasteiger partial charge in [0, 0.05) is 23.2 Å². The second-order valence-corrected chi connectivity index (χ2v) is 7.50. The third-order valence-corrected chi connectivity index (χ3v) is 5.88. The molecule has 6 nitrogen and oxygen atoms in total. The van der Waals surface area contributed by atoms with Gasteiger partial charge in [0.25, 0.3) is 5.91 Å². The zero-order valence-corrected chi connectivity index (χ0v) is 14.7. The summed E-state index contributed by atoms with van der Waals surface area (Å²) in [6, 6.07) is 4.02. The summed E-state index contributed by atoms with van der Waals surface area (Å²) in [7, 11) is 0. The smallest absolute Gasteiger partial charge is 0.252 e. The van der Waals surface area contributed by atoms with E-state index in [0.29, 0.717) is 5.56 Å². The lowest BCUT2D eigenvalue weighted by molar-refractivity contribution is 0.100. The van der Waals surface area contributed by atoms with Gasteiger partial charge in [-0.05, 0) is 31.4 Å². The number of hydrogen-bond acceptors (Lipinski definition) is 4. The number of carbonyl (C=O) groups is 1. The molecule has 2 aromatic rings. The Kier molecular flexibility index (Phi) is 4.03. The van der Waals surface area contributed by atoms with Crippen LogP contribution in [0.1, 0.15) is 56.8 Å². The molecular formula is C18H27N5O. The first kappa shape index (κ1) is 16.8. The predicted octanol–water partition coefficient (Wildman–Crippen LogP) is 2.53. The number of amides is 1. The average Bonchev–Trinajstić information content (AvgIpc) is 3.06. The number of nitrogens with two attached hydrogens (primary N) is 2. The van der Waals surface area contributed by atoms with E-state index in [1.54, 1.807) is 4.52 Å². The largest absolute Gasteiger partial charge is 0.379 e. The predicted molar refractivity (Wildman–Crippen MR) is 96.0 cm³/mol. The first-order valence-electron chi connectivity index (χ1n) is 8.62. The van der Waals surface area contributed by atoms with Crippen molar-refractivity contribution in [2.45, 2.75) is 58.0 Å². The summed E-state index contributed by atoms with van der Waals surface area (Å²) >= 11 is 0. The zero-order valence-electron chi connectivity index (χ0n) is 14.7. The third-order valence-electron chi connectivity index (χ3n) is 5.88. The van der Waals surface area contributed by atoms with Gasteiger partial charge in [-0.3, -0.25) is 4.79 Å². The zero-order chi connectivity index (χ0) is 17.5. The Morgan fingerprint density at radius 1 is 1.50 bits per heavy atom. The molecule has 1 saturated carbocycles. The number of nitrogens with zero attached hydrogens (tertiary/aromatic N) is 2. The number of primary amides is 1. The van der Waals surface area contributed by atoms with E-state index in [1.165, 1.54) is 6.20 Å². The SMILES string of the molecule is CCCC1(N)CCC(Nc2c(C(N)=O)cnn3cccc23)C1(C)C. The summed E-state index contributed by atoms with van der Waals surface area (Å²) in [5.41, 5.74) is 14.0. The molecule has 1 amide bonds. The van der Waals surface area contributed by atoms with Crippen molar-refractivity contribution in [2.24, 2.45) is 16.9 Å². The van der Waals surface area contributed by atoms with Gasteiger partial charge in [-0.25, -0.2) is 4.52 Å². The van der Waals surface area contributed by atoms with Gasteiger partial charge in [-0.2, -0.15) is 5.10 Å². The van der Waals surface area contributed by atoms with Crippen LogP contribution in [0, 0.1) is 5.41 Å². The van der Waals surface area contributed by atoms with E-state index in [-0.39, 0.29) is 17.0 Å². The van der Waals surface area contributed by atoms with Crippen LogP contribution in [0.5, 0.6) is 0 Å². The van der Waals surface area contributed by atoms with Crippen LogP contribution in [0.4, 0.5) is 5.69 Å². The molecule has 1 aliphatic carbocycles. The van der Waals surface area contributed by atoms with Crippen molar-refractivity contribution >= 4 is 17.1 Å². The molecule has 0 saturated heterocycles. The molecule has 6 heteroatoms. The summed E-state index contributed by atoms with van der Waals surface area (Å²) in [5.74, 6) is -0.475. The van der Waals surface area contributed by atoms with E-state index < -0.39 is 5.91 Å². The van der Waals surface area contributed by atoms with Crippen LogP contribution in [0.25, 0.3) is 5.52 Å². The molecule has 2 atom stereocenters. The lowest BCUT2D eigenvalue weighted by atomic mass is 9.71. The van der Waals surface area contributed by atoms with Crippen LogP contribution in [0.15, 0.2) is 24.5 Å². The molecule has 1 aliphatic rings. The highest BCUT2D eigenvalue weighted by molar-refractivity contribution is 6.01. The van der Waals surface area contributed by atoms with E-state index in [0.717, 1.165) is 36.9 Å². The number of rotatable bonds is 5. The van der Waals surface area contributed by atoms with E-state index in [4.69, 9.17) is 11.5 Å². The number of anilines is 1. The second-order valence-electron chi connectivity index (χ2n) is 7.50. The fourth-order valence-electron chi connectivity index (χ4n) is 4.08. The Morgan fingerprint density at radius 2 is 2.25 bits per heavy atom. The van der Waals surface area contributed by atoms with E-state index >= 15 is 0 Å². The molecule has 24 heavy (non-hydrogen) atoms. The topological polar surface area (TPSA) is 98.4 Å². The molecule has 0 aliphatic heterocycles. The Morgan fingerprint density at radius 3 is 2.92 bits per heavy atom. The van der Waals surface area contributed by atoms with Gasteiger partial charge in [0.2, 0.25) is 0 Å². The maximum atomic E-state index is 11.9. The maximum absolute atomic E-state index is 11.9. The molecule has 2 unspecified atom stereocenters. The van der Waals surface area contributed by atoms with E-state index in [9.17, 15) is 4.79 Å². The Hall–Kier alpha value is -2.08. The lowest BCUT2D eigenvalue weighted by Crippen LogP contribution is -2.53. The van der Waals surface area contributed by atoms with Crippen molar-refractivity contribution < 1.29 is 4.79 Å². The highest BCUT2D eigenvalue weighted by Crippen LogP contribution is 2.48. The van der Waals surface area contributed by atoms with Gasteiger partial charge in [-0.1, -0.05) is 27.2 Å². The second kappa shape index (κ2) is 5.77. The van der Waals surface area contributed by atoms with Crippen molar-refractivity contribution in [3.63, 3.8) is 0 Å². The number of carbonyl (C=O) groups excluding carboxylic acids is 1. The quantitative estimate of drug-likeness (QED) is 0.785. The molecule has 0 radical (unpaired) electrons. The van der Waals surface area contributed by atoms with Crippen LogP contribution in [-0.4, -0.2) is 27.1 Å². The van der Waals surface area contributed by atoms with Gasteiger partial charge in [0.1, 0.15) is 0 Å². The van der Waals surface area contributed by atoms with Crippen LogP contribution in [0.3, 0.4) is 0 Å². The van der Waals surface area contributed by atoms with Crippen molar-refractivity contribution in [1.82, 2.24) is 9.61 Å². The van der Waals surface area contributed by atoms with Gasteiger partial charge >= 0.3 is 0 Å². The molecule has 0 bridgehead atoms. The molecule has 1 fully saturated rings. The lowest BCUT2D eigenvalue weighted by Gasteiger charge is -2.42. The third kappa shape index (κ3) is 2.45. The van der Waals surface area contributed by atoms with Crippen LogP contribution < -0.4 is 16.8 Å². The fourth-order valence-corrected chi connectivity index (χ4v) is 4.08. The van der Waals surface area contributed by atoms with Gasteiger partial charge < -0.3 is 16.8 Å². The number of nitrogens with one attached hydrogen (secondary N) is 1. The molecule has 2 heterocycles. The average molecular weight is 329 g/mol.